The predicted octanol–water partition coefficient (Wildman–Crippen LogP) is 1.92. The van der Waals surface area contributed by atoms with Gasteiger partial charge in [-0.15, -0.1) is 0 Å². The first-order valence-corrected chi connectivity index (χ1v) is 9.89. The van der Waals surface area contributed by atoms with Crippen molar-refractivity contribution in [3.63, 3.8) is 0 Å². The molecule has 1 N–H and O–H groups in total. The van der Waals surface area contributed by atoms with E-state index in [-0.39, 0.29) is 18.1 Å². The minimum absolute atomic E-state index is 0.0180. The molecule has 4 rings (SSSR count). The highest BCUT2D eigenvalue weighted by atomic mass is 16.3. The number of furan rings is 1. The molecule has 1 atom stereocenters. The summed E-state index contributed by atoms with van der Waals surface area (Å²) in [6.45, 7) is 4.95. The van der Waals surface area contributed by atoms with E-state index in [1.165, 1.54) is 0 Å². The van der Waals surface area contributed by atoms with E-state index < -0.39 is 0 Å². The topological polar surface area (TPSA) is 60.2 Å². The van der Waals surface area contributed by atoms with E-state index in [2.05, 4.69) is 29.0 Å². The summed E-state index contributed by atoms with van der Waals surface area (Å²) in [7, 11) is 2.19. The zero-order valence-electron chi connectivity index (χ0n) is 16.1. The van der Waals surface area contributed by atoms with Crippen LogP contribution in [0, 0.1) is 0 Å². The second kappa shape index (κ2) is 7.62. The second-order valence-electron chi connectivity index (χ2n) is 7.96. The van der Waals surface area contributed by atoms with Crippen molar-refractivity contribution in [2.24, 2.45) is 0 Å². The summed E-state index contributed by atoms with van der Waals surface area (Å²) in [4.78, 5) is 19.1. The summed E-state index contributed by atoms with van der Waals surface area (Å²) in [5.74, 6) is 1.17. The van der Waals surface area contributed by atoms with E-state index in [0.29, 0.717) is 13.0 Å². The number of amides is 1. The Hall–Kier alpha value is -1.89. The molecule has 1 amide bonds. The van der Waals surface area contributed by atoms with Crippen LogP contribution in [-0.2, 0) is 11.3 Å². The number of likely N-dealkylation sites (tertiary alicyclic amines) is 1. The molecule has 2 aliphatic heterocycles. The third-order valence-corrected chi connectivity index (χ3v) is 6.31. The van der Waals surface area contributed by atoms with Gasteiger partial charge in [-0.25, -0.2) is 0 Å². The van der Waals surface area contributed by atoms with Crippen molar-refractivity contribution in [3.8, 4) is 0 Å². The van der Waals surface area contributed by atoms with Gasteiger partial charge in [0.1, 0.15) is 11.3 Å². The molecule has 1 spiro atoms. The highest BCUT2D eigenvalue weighted by molar-refractivity contribution is 5.77. The number of aliphatic hydroxyl groups is 1. The van der Waals surface area contributed by atoms with Crippen molar-refractivity contribution in [3.05, 3.63) is 36.1 Å². The van der Waals surface area contributed by atoms with Gasteiger partial charge in [-0.2, -0.15) is 0 Å². The number of hydrogen-bond donors (Lipinski definition) is 1. The number of hydrogen-bond acceptors (Lipinski definition) is 5. The molecule has 6 nitrogen and oxygen atoms in total. The van der Waals surface area contributed by atoms with Crippen molar-refractivity contribution >= 4 is 16.9 Å². The minimum Gasteiger partial charge on any atom is -0.460 e. The van der Waals surface area contributed by atoms with Crippen molar-refractivity contribution in [1.82, 2.24) is 14.7 Å². The van der Waals surface area contributed by atoms with Gasteiger partial charge in [0.15, 0.2) is 0 Å². The van der Waals surface area contributed by atoms with E-state index in [0.717, 1.165) is 62.3 Å². The fourth-order valence-electron chi connectivity index (χ4n) is 4.60. The van der Waals surface area contributed by atoms with Crippen LogP contribution in [0.1, 0.15) is 25.0 Å². The number of carbonyl (C=O) groups excluding carboxylic acids is 1. The number of fused-ring (bicyclic) bond motifs is 1. The predicted molar refractivity (Wildman–Crippen MR) is 104 cm³/mol. The lowest BCUT2D eigenvalue weighted by Crippen LogP contribution is -2.60. The summed E-state index contributed by atoms with van der Waals surface area (Å²) in [6.07, 6.45) is 2.38. The van der Waals surface area contributed by atoms with Crippen LogP contribution in [-0.4, -0.2) is 77.6 Å². The maximum atomic E-state index is 12.4. The summed E-state index contributed by atoms with van der Waals surface area (Å²) >= 11 is 0. The Labute approximate surface area is 160 Å². The van der Waals surface area contributed by atoms with Crippen LogP contribution in [0.3, 0.4) is 0 Å². The number of β-amino-alcohol motifs (C(OH)–C–C–N with tert-alkyl or cyclic N) is 1. The fraction of sp³-hybridized carbons (Fsp3) is 0.571. The Morgan fingerprint density at radius 1 is 1.19 bits per heavy atom. The molecule has 2 saturated heterocycles. The van der Waals surface area contributed by atoms with Gasteiger partial charge in [0.05, 0.1) is 13.2 Å². The molecule has 146 valence electrons. The summed E-state index contributed by atoms with van der Waals surface area (Å²) < 4.78 is 6.02. The first kappa shape index (κ1) is 18.5. The van der Waals surface area contributed by atoms with Crippen molar-refractivity contribution in [1.29, 1.82) is 0 Å². The third kappa shape index (κ3) is 3.74. The first-order valence-electron chi connectivity index (χ1n) is 9.89. The van der Waals surface area contributed by atoms with Crippen molar-refractivity contribution in [2.75, 3.05) is 46.4 Å². The second-order valence-corrected chi connectivity index (χ2v) is 7.96. The van der Waals surface area contributed by atoms with Gasteiger partial charge in [-0.05, 0) is 32.0 Å². The SMILES string of the molecule is CN1CCN(Cc2cc3ccccc3o2)C[C@@]12CCC(=O)N(CCO)CC2. The number of para-hydroxylation sites is 1. The number of benzene rings is 1. The number of nitrogens with zero attached hydrogens (tertiary/aromatic N) is 3. The molecule has 27 heavy (non-hydrogen) atoms. The lowest BCUT2D eigenvalue weighted by Gasteiger charge is -2.49. The normalized spacial score (nSPS) is 25.4. The van der Waals surface area contributed by atoms with E-state index in [1.54, 1.807) is 0 Å². The average Bonchev–Trinajstić information content (AvgIpc) is 3.01. The van der Waals surface area contributed by atoms with Gasteiger partial charge < -0.3 is 14.4 Å². The number of piperazine rings is 1. The number of rotatable bonds is 4. The number of likely N-dealkylation sites (N-methyl/N-ethyl adjacent to an activating group) is 1. The van der Waals surface area contributed by atoms with Gasteiger partial charge in [0, 0.05) is 50.1 Å². The molecule has 2 fully saturated rings. The smallest absolute Gasteiger partial charge is 0.222 e. The van der Waals surface area contributed by atoms with E-state index in [1.807, 2.05) is 23.1 Å². The maximum absolute atomic E-state index is 12.4. The van der Waals surface area contributed by atoms with Crippen LogP contribution < -0.4 is 0 Å². The Morgan fingerprint density at radius 2 is 2.04 bits per heavy atom. The Morgan fingerprint density at radius 3 is 2.85 bits per heavy atom. The molecule has 0 unspecified atom stereocenters. The molecule has 1 aromatic carbocycles. The van der Waals surface area contributed by atoms with Gasteiger partial charge in [0.25, 0.3) is 0 Å². The highest BCUT2D eigenvalue weighted by Gasteiger charge is 2.42. The molecule has 0 radical (unpaired) electrons. The van der Waals surface area contributed by atoms with Gasteiger partial charge >= 0.3 is 0 Å². The zero-order valence-corrected chi connectivity index (χ0v) is 16.1. The standard InChI is InChI=1S/C21H29N3O3/c1-22-10-11-23(15-18-14-17-4-2-3-5-19(17)27-18)16-21(22)7-6-20(26)24(9-8-21)12-13-25/h2-5,14,25H,6-13,15-16H2,1H3/t21-/m0/s1. The maximum Gasteiger partial charge on any atom is 0.222 e. The Balaban J connectivity index is 1.48. The van der Waals surface area contributed by atoms with Crippen LogP contribution in [0.2, 0.25) is 0 Å². The molecule has 0 saturated carbocycles. The van der Waals surface area contributed by atoms with E-state index >= 15 is 0 Å². The molecular weight excluding hydrogens is 342 g/mol. The van der Waals surface area contributed by atoms with Crippen LogP contribution in [0.4, 0.5) is 0 Å². The molecule has 0 aliphatic carbocycles. The summed E-state index contributed by atoms with van der Waals surface area (Å²) in [5, 5.41) is 10.4. The van der Waals surface area contributed by atoms with Crippen LogP contribution in [0.5, 0.6) is 0 Å². The molecule has 2 aromatic rings. The third-order valence-electron chi connectivity index (χ3n) is 6.31. The monoisotopic (exact) mass is 371 g/mol. The number of carbonyl (C=O) groups is 1. The molecular formula is C21H29N3O3. The van der Waals surface area contributed by atoms with E-state index in [4.69, 9.17) is 4.42 Å². The largest absolute Gasteiger partial charge is 0.460 e. The quantitative estimate of drug-likeness (QED) is 0.890. The van der Waals surface area contributed by atoms with Crippen LogP contribution >= 0.6 is 0 Å². The van der Waals surface area contributed by atoms with Crippen molar-refractivity contribution in [2.45, 2.75) is 31.3 Å². The van der Waals surface area contributed by atoms with Crippen LogP contribution in [0.15, 0.2) is 34.7 Å². The summed E-state index contributed by atoms with van der Waals surface area (Å²) in [6, 6.07) is 10.3. The fourth-order valence-corrected chi connectivity index (χ4v) is 4.60. The zero-order chi connectivity index (χ0) is 18.9. The van der Waals surface area contributed by atoms with Crippen LogP contribution in [0.25, 0.3) is 11.0 Å². The van der Waals surface area contributed by atoms with Gasteiger partial charge in [0.2, 0.25) is 5.91 Å². The minimum atomic E-state index is 0.0180. The summed E-state index contributed by atoms with van der Waals surface area (Å²) in [5.41, 5.74) is 0.959. The van der Waals surface area contributed by atoms with Gasteiger partial charge in [-0.3, -0.25) is 14.6 Å². The first-order chi connectivity index (χ1) is 13.1. The highest BCUT2D eigenvalue weighted by Crippen LogP contribution is 2.33. The lowest BCUT2D eigenvalue weighted by molar-refractivity contribution is -0.131. The van der Waals surface area contributed by atoms with Gasteiger partial charge in [-0.1, -0.05) is 18.2 Å². The molecule has 2 aliphatic rings. The Kier molecular flexibility index (Phi) is 5.21. The van der Waals surface area contributed by atoms with E-state index in [9.17, 15) is 9.90 Å². The number of aliphatic hydroxyl groups excluding tert-OH is 1. The molecule has 1 aromatic heterocycles. The molecule has 3 heterocycles. The van der Waals surface area contributed by atoms with Crippen molar-refractivity contribution < 1.29 is 14.3 Å². The molecule has 6 heteroatoms. The lowest BCUT2D eigenvalue weighted by atomic mass is 9.86. The average molecular weight is 371 g/mol. The Bertz CT molecular complexity index is 772. The molecule has 0 bridgehead atoms.